The van der Waals surface area contributed by atoms with Gasteiger partial charge in [0.1, 0.15) is 22.6 Å². The first-order valence-electron chi connectivity index (χ1n) is 18.3. The molecule has 0 amide bonds. The van der Waals surface area contributed by atoms with Crippen LogP contribution in [0, 0.1) is 0 Å². The van der Waals surface area contributed by atoms with Crippen molar-refractivity contribution in [2.45, 2.75) is 6.42 Å². The molecule has 0 saturated heterocycles. The maximum atomic E-state index is 14.8. The van der Waals surface area contributed by atoms with E-state index in [1.54, 1.807) is 25.3 Å². The molecule has 0 N–H and O–H groups in total. The topological polar surface area (TPSA) is 137 Å². The van der Waals surface area contributed by atoms with Crippen molar-refractivity contribution in [3.8, 4) is 0 Å². The third-order valence-corrected chi connectivity index (χ3v) is 14.8. The Balaban J connectivity index is 1.34. The smallest absolute Gasteiger partial charge is 0.452 e. The van der Waals surface area contributed by atoms with Gasteiger partial charge in [0.2, 0.25) is 0 Å². The number of hydrogen-bond acceptors (Lipinski definition) is 12. The molecule has 276 valence electrons. The Kier molecular flexibility index (Phi) is 7.05. The zero-order valence-electron chi connectivity index (χ0n) is 29.9. The second-order valence-electron chi connectivity index (χ2n) is 13.8. The quantitative estimate of drug-likeness (QED) is 0.171. The molecule has 8 heterocycles. The molecule has 0 spiro atoms. The Labute approximate surface area is 336 Å². The third kappa shape index (κ3) is 4.77. The lowest BCUT2D eigenvalue weighted by Gasteiger charge is -2.31. The van der Waals surface area contributed by atoms with Gasteiger partial charge in [-0.2, -0.15) is 22.7 Å². The summed E-state index contributed by atoms with van der Waals surface area (Å²) in [5.41, 5.74) is 4.74. The van der Waals surface area contributed by atoms with Gasteiger partial charge in [0.15, 0.2) is 23.3 Å². The molecule has 1 unspecified atom stereocenters. The van der Waals surface area contributed by atoms with Crippen molar-refractivity contribution in [3.63, 3.8) is 0 Å². The van der Waals surface area contributed by atoms with E-state index in [1.807, 2.05) is 114 Å². The molecule has 8 aromatic rings. The summed E-state index contributed by atoms with van der Waals surface area (Å²) in [4.78, 5) is 61.0. The summed E-state index contributed by atoms with van der Waals surface area (Å²) < 4.78 is 17.4. The molecule has 0 aliphatic carbocycles. The third-order valence-electron chi connectivity index (χ3n) is 10.5. The minimum atomic E-state index is -5.00. The molecule has 0 saturated carbocycles. The lowest BCUT2D eigenvalue weighted by atomic mass is 10.1. The highest BCUT2D eigenvalue weighted by atomic mass is 32.1. The van der Waals surface area contributed by atoms with Crippen LogP contribution in [-0.2, 0) is 20.1 Å². The Morgan fingerprint density at radius 1 is 0.517 bits per heavy atom. The number of hydrogen-bond donors (Lipinski definition) is 0. The van der Waals surface area contributed by atoms with E-state index in [9.17, 15) is 9.59 Å². The first-order chi connectivity index (χ1) is 28.5. The highest BCUT2D eigenvalue weighted by Gasteiger charge is 2.59. The van der Waals surface area contributed by atoms with Crippen molar-refractivity contribution >= 4 is 100 Å². The maximum Gasteiger partial charge on any atom is 0.742 e. The molecule has 4 aromatic carbocycles. The van der Waals surface area contributed by atoms with Crippen LogP contribution in [-0.4, -0.2) is 52.6 Å². The largest absolute Gasteiger partial charge is 0.742 e. The molecule has 12 nitrogen and oxygen atoms in total. The minimum absolute atomic E-state index is 0.0984. The Hall–Kier alpha value is -7.20. The zero-order chi connectivity index (χ0) is 38.5. The number of fused-ring (bicyclic) bond motifs is 14. The highest BCUT2D eigenvalue weighted by molar-refractivity contribution is 7.08. The van der Waals surface area contributed by atoms with E-state index in [1.165, 1.54) is 22.7 Å². The van der Waals surface area contributed by atoms with Crippen LogP contribution in [0.15, 0.2) is 161 Å². The van der Waals surface area contributed by atoms with Gasteiger partial charge < -0.3 is 8.85 Å². The maximum absolute atomic E-state index is 14.8. The van der Waals surface area contributed by atoms with Gasteiger partial charge in [-0.3, -0.25) is 13.3 Å². The standard InChI is InChI=1S/C43H24N8O4S2Si/c52-34(21-24-17-19-56-22-24)54-58(55-43(53)25-18-20-57-23-25)50-39-30-13-5-6-14-31(30)41(50)48-37-28-11-3-4-12-29(28)38(45-37)49-42-33-16-8-7-15-32(33)40(51(42)58)47-36-27-10-2-1-9-26(27)35(44-36)46-39/h1-20,22-23H,21H2. The second-order valence-corrected chi connectivity index (χ2v) is 17.8. The summed E-state index contributed by atoms with van der Waals surface area (Å²) in [5, 5.41) is 9.95. The normalized spacial score (nSPS) is 16.9. The molecule has 4 aromatic heterocycles. The highest BCUT2D eigenvalue weighted by Crippen LogP contribution is 2.44. The van der Waals surface area contributed by atoms with Crippen LogP contribution < -0.4 is 11.0 Å². The van der Waals surface area contributed by atoms with Gasteiger partial charge in [0.25, 0.3) is 0 Å². The summed E-state index contributed by atoms with van der Waals surface area (Å²) in [6.45, 7) is 0. The number of rotatable bonds is 5. The molecule has 6 bridgehead atoms. The van der Waals surface area contributed by atoms with Crippen molar-refractivity contribution in [2.24, 2.45) is 30.0 Å². The molecule has 1 atom stereocenters. The first kappa shape index (κ1) is 33.0. The molecule has 0 fully saturated rings. The Morgan fingerprint density at radius 2 is 1.00 bits per heavy atom. The van der Waals surface area contributed by atoms with E-state index in [4.69, 9.17) is 38.8 Å². The number of thiophene rings is 2. The number of carbonyl (C=O) groups excluding carboxylic acids is 2. The zero-order valence-corrected chi connectivity index (χ0v) is 32.6. The summed E-state index contributed by atoms with van der Waals surface area (Å²) in [6, 6.07) is 34.4. The van der Waals surface area contributed by atoms with Gasteiger partial charge in [0.05, 0.1) is 12.0 Å². The van der Waals surface area contributed by atoms with Crippen molar-refractivity contribution < 1.29 is 18.4 Å². The van der Waals surface area contributed by atoms with Gasteiger partial charge in [-0.1, -0.05) is 97.1 Å². The predicted molar refractivity (Wildman–Crippen MR) is 225 cm³/mol. The molecule has 15 heteroatoms. The van der Waals surface area contributed by atoms with E-state index < -0.39 is 20.8 Å². The number of aromatic nitrogens is 2. The number of benzene rings is 4. The summed E-state index contributed by atoms with van der Waals surface area (Å²) >= 11 is 2.82. The van der Waals surface area contributed by atoms with Gasteiger partial charge in [-0.15, -0.1) is 0 Å². The lowest BCUT2D eigenvalue weighted by Crippen LogP contribution is -2.65. The van der Waals surface area contributed by atoms with Crippen LogP contribution in [0.1, 0.15) is 38.2 Å². The molecule has 0 radical (unpaired) electrons. The first-order valence-corrected chi connectivity index (χ1v) is 21.9. The average molecular weight is 809 g/mol. The van der Waals surface area contributed by atoms with E-state index in [2.05, 4.69) is 0 Å². The van der Waals surface area contributed by atoms with E-state index in [0.29, 0.717) is 67.5 Å². The molecular formula is C43H24N8O4S2Si. The van der Waals surface area contributed by atoms with Gasteiger partial charge >= 0.3 is 20.8 Å². The number of nitrogens with zero attached hydrogens (tertiary/aromatic N) is 8. The van der Waals surface area contributed by atoms with Gasteiger partial charge in [0, 0.05) is 49.2 Å². The van der Waals surface area contributed by atoms with Crippen LogP contribution in [0.4, 0.5) is 11.6 Å². The molecular weight excluding hydrogens is 785 g/mol. The van der Waals surface area contributed by atoms with Crippen molar-refractivity contribution in [3.05, 3.63) is 175 Å². The lowest BCUT2D eigenvalue weighted by molar-refractivity contribution is -0.136. The fourth-order valence-electron chi connectivity index (χ4n) is 7.94. The van der Waals surface area contributed by atoms with Gasteiger partial charge in [-0.05, 0) is 33.8 Å². The summed E-state index contributed by atoms with van der Waals surface area (Å²) in [5.74, 6) is 0.877. The second kappa shape index (κ2) is 12.4. The number of carbonyl (C=O) groups is 2. The Bertz CT molecular complexity index is 3210. The molecule has 4 aliphatic heterocycles. The molecule has 58 heavy (non-hydrogen) atoms. The number of amidine groups is 4. The summed E-state index contributed by atoms with van der Waals surface area (Å²) in [7, 11) is -5.00. The van der Waals surface area contributed by atoms with E-state index in [0.717, 1.165) is 27.8 Å². The van der Waals surface area contributed by atoms with Crippen LogP contribution in [0.2, 0.25) is 0 Å². The molecule has 12 rings (SSSR count). The van der Waals surface area contributed by atoms with Crippen LogP contribution >= 0.6 is 22.7 Å². The SMILES string of the molecule is O=C(Cc1ccsc1)O[Si]1(OC(=O)c2ccsc2)n2c3c4ccccc4c2N=C2N=C(N=c4c5ccccc5c(n41)=NC1=NC(=N3)c3ccccc31)c1ccccc12. The van der Waals surface area contributed by atoms with Crippen LogP contribution in [0.5, 0.6) is 0 Å². The minimum Gasteiger partial charge on any atom is -0.452 e. The molecule has 4 aliphatic rings. The summed E-state index contributed by atoms with van der Waals surface area (Å²) in [6.07, 6.45) is -0.0984. The van der Waals surface area contributed by atoms with E-state index in [-0.39, 0.29) is 12.0 Å². The van der Waals surface area contributed by atoms with Crippen molar-refractivity contribution in [2.75, 3.05) is 0 Å². The Morgan fingerprint density at radius 3 is 1.50 bits per heavy atom. The van der Waals surface area contributed by atoms with E-state index >= 15 is 0 Å². The predicted octanol–water partition coefficient (Wildman–Crippen LogP) is 7.14. The fraction of sp³-hybridized carbons (Fsp3) is 0.0233. The fourth-order valence-corrected chi connectivity index (χ4v) is 12.3. The van der Waals surface area contributed by atoms with Crippen LogP contribution in [0.25, 0.3) is 21.5 Å². The monoisotopic (exact) mass is 808 g/mol. The number of aliphatic imine (C=N–C) groups is 4. The van der Waals surface area contributed by atoms with Crippen molar-refractivity contribution in [1.29, 1.82) is 0 Å². The van der Waals surface area contributed by atoms with Crippen molar-refractivity contribution in [1.82, 2.24) is 8.47 Å². The van der Waals surface area contributed by atoms with Crippen LogP contribution in [0.3, 0.4) is 0 Å². The van der Waals surface area contributed by atoms with Gasteiger partial charge in [-0.25, -0.2) is 34.7 Å². The average Bonchev–Trinajstić information content (AvgIpc) is 4.11.